The summed E-state index contributed by atoms with van der Waals surface area (Å²) in [6.45, 7) is 5.59. The van der Waals surface area contributed by atoms with E-state index in [2.05, 4.69) is 18.6 Å². The van der Waals surface area contributed by atoms with Gasteiger partial charge in [-0.15, -0.1) is 0 Å². The van der Waals surface area contributed by atoms with Gasteiger partial charge < -0.3 is 35.0 Å². The van der Waals surface area contributed by atoms with Gasteiger partial charge in [0.1, 0.15) is 0 Å². The van der Waals surface area contributed by atoms with Crippen LogP contribution in [0.5, 0.6) is 0 Å². The second-order valence-corrected chi connectivity index (χ2v) is 12.9. The lowest BCUT2D eigenvalue weighted by molar-refractivity contribution is -0.138. The Morgan fingerprint density at radius 3 is 1.50 bits per heavy atom. The van der Waals surface area contributed by atoms with E-state index in [1.165, 1.54) is 0 Å². The van der Waals surface area contributed by atoms with Gasteiger partial charge in [0.2, 0.25) is 0 Å². The van der Waals surface area contributed by atoms with Gasteiger partial charge >= 0.3 is 35.8 Å². The first-order chi connectivity index (χ1) is 25.8. The number of aliphatic hydroxyl groups excluding tert-OH is 3. The number of hydrogen-bond acceptors (Lipinski definition) is 11. The number of rotatable bonds is 21. The van der Waals surface area contributed by atoms with E-state index < -0.39 is 41.2 Å². The summed E-state index contributed by atoms with van der Waals surface area (Å²) in [4.78, 5) is 65.6. The molecule has 302 valence electrons. The summed E-state index contributed by atoms with van der Waals surface area (Å²) in [5.41, 5.74) is 1.53. The number of aliphatic hydroxyl groups is 3. The van der Waals surface area contributed by atoms with Gasteiger partial charge in [0.25, 0.3) is 0 Å². The zero-order valence-electron chi connectivity index (χ0n) is 32.1. The molecule has 1 aliphatic rings. The molecule has 0 bridgehead atoms. The van der Waals surface area contributed by atoms with Crippen LogP contribution in [0.4, 0.5) is 0 Å². The van der Waals surface area contributed by atoms with E-state index in [0.29, 0.717) is 42.4 Å². The van der Waals surface area contributed by atoms with Crippen molar-refractivity contribution in [2.45, 2.75) is 124 Å². The normalized spacial score (nSPS) is 11.4. The van der Waals surface area contributed by atoms with Gasteiger partial charge in [-0.05, 0) is 62.3 Å². The van der Waals surface area contributed by atoms with Crippen LogP contribution in [-0.2, 0) is 30.3 Å². The number of ether oxygens (including phenoxy) is 2. The number of esters is 4. The molecule has 0 saturated carbocycles. The maximum atomic E-state index is 12.1. The number of carbonyl (C=O) groups is 6. The second kappa shape index (κ2) is 29.9. The highest BCUT2D eigenvalue weighted by Crippen LogP contribution is 2.19. The molecule has 54 heavy (non-hydrogen) atoms. The smallest absolute Gasteiger partial charge is 0.346 e. The van der Waals surface area contributed by atoms with Crippen molar-refractivity contribution in [1.82, 2.24) is 0 Å². The molecular formula is C41H60O13. The third-order valence-corrected chi connectivity index (χ3v) is 8.57. The van der Waals surface area contributed by atoms with Crippen molar-refractivity contribution >= 4 is 35.8 Å². The monoisotopic (exact) mass is 760 g/mol. The van der Waals surface area contributed by atoms with Crippen LogP contribution in [0, 0.1) is 5.41 Å². The van der Waals surface area contributed by atoms with Gasteiger partial charge in [0.05, 0.1) is 36.5 Å². The lowest BCUT2D eigenvalue weighted by Crippen LogP contribution is -2.32. The van der Waals surface area contributed by atoms with Crippen LogP contribution < -0.4 is 0 Å². The minimum absolute atomic E-state index is 0.156. The Labute approximate surface area is 318 Å². The largest absolute Gasteiger partial charge is 0.481 e. The molecule has 13 nitrogen and oxygen atoms in total. The maximum Gasteiger partial charge on any atom is 0.346 e. The lowest BCUT2D eigenvalue weighted by atomic mass is 9.88. The number of benzene rings is 2. The third kappa shape index (κ3) is 21.3. The minimum Gasteiger partial charge on any atom is -0.481 e. The number of carboxylic acids is 2. The standard InChI is InChI=1S/C18H26O3.C9H16O4.C8H4O3.C6H14O3/c1-3-5-7-8-14-17(19)21-18(20)16-13-10-9-12-15(16)11-6-4-2;10-8(11)6-4-2-1-3-5-7-9(12)13;9-7-5-3-1-2-4-6(5)8(10)11-7;1-2-6(3-7,4-8)5-9/h9-10,12-13H,3-8,11,14H2,1-2H3;1-7H2,(H,10,11)(H,12,13);1-4H;7-9H,2-5H2,1H3. The Kier molecular flexibility index (Phi) is 27.5. The highest BCUT2D eigenvalue weighted by Gasteiger charge is 2.28. The molecule has 0 aliphatic carbocycles. The molecule has 13 heteroatoms. The summed E-state index contributed by atoms with van der Waals surface area (Å²) in [6.07, 6.45) is 12.4. The second-order valence-electron chi connectivity index (χ2n) is 12.9. The van der Waals surface area contributed by atoms with Crippen molar-refractivity contribution < 1.29 is 63.8 Å². The van der Waals surface area contributed by atoms with Gasteiger partial charge in [0.15, 0.2) is 0 Å². The van der Waals surface area contributed by atoms with E-state index in [1.54, 1.807) is 36.4 Å². The Hall–Kier alpha value is -4.46. The van der Waals surface area contributed by atoms with Crippen molar-refractivity contribution in [3.05, 3.63) is 70.8 Å². The Balaban J connectivity index is 0.000000735. The fraction of sp³-hybridized carbons (Fsp3) is 0.561. The highest BCUT2D eigenvalue weighted by molar-refractivity contribution is 6.14. The quantitative estimate of drug-likeness (QED) is 0.0496. The van der Waals surface area contributed by atoms with E-state index in [4.69, 9.17) is 30.3 Å². The number of aryl methyl sites for hydroxylation is 1. The van der Waals surface area contributed by atoms with Gasteiger partial charge in [-0.2, -0.15) is 0 Å². The average Bonchev–Trinajstić information content (AvgIpc) is 3.46. The van der Waals surface area contributed by atoms with E-state index in [-0.39, 0.29) is 32.7 Å². The number of hydrogen-bond donors (Lipinski definition) is 5. The Morgan fingerprint density at radius 1 is 0.611 bits per heavy atom. The Morgan fingerprint density at radius 2 is 1.06 bits per heavy atom. The number of unbranched alkanes of at least 4 members (excludes halogenated alkanes) is 8. The van der Waals surface area contributed by atoms with Crippen LogP contribution in [0.1, 0.15) is 154 Å². The molecule has 0 amide bonds. The zero-order chi connectivity index (χ0) is 40.8. The summed E-state index contributed by atoms with van der Waals surface area (Å²) in [5.74, 6) is -3.55. The number of aliphatic carboxylic acids is 2. The lowest BCUT2D eigenvalue weighted by Gasteiger charge is -2.24. The molecule has 3 rings (SSSR count). The predicted octanol–water partition coefficient (Wildman–Crippen LogP) is 6.93. The zero-order valence-corrected chi connectivity index (χ0v) is 32.1. The third-order valence-electron chi connectivity index (χ3n) is 8.57. The predicted molar refractivity (Wildman–Crippen MR) is 202 cm³/mol. The first-order valence-corrected chi connectivity index (χ1v) is 18.8. The van der Waals surface area contributed by atoms with Gasteiger partial charge in [-0.1, -0.05) is 96.0 Å². The van der Waals surface area contributed by atoms with E-state index in [9.17, 15) is 28.8 Å². The first kappa shape index (κ1) is 49.5. The summed E-state index contributed by atoms with van der Waals surface area (Å²) < 4.78 is 9.31. The molecule has 0 atom stereocenters. The van der Waals surface area contributed by atoms with Gasteiger partial charge in [-0.3, -0.25) is 14.4 Å². The van der Waals surface area contributed by atoms with E-state index in [1.807, 2.05) is 19.1 Å². The van der Waals surface area contributed by atoms with Crippen molar-refractivity contribution in [2.75, 3.05) is 19.8 Å². The SMILES string of the molecule is CCC(CO)(CO)CO.CCCCCCC(=O)OC(=O)c1ccccc1CCCC.O=C(O)CCCCCCCC(=O)O.O=C1OC(=O)c2ccccc21. The molecule has 2 aromatic carbocycles. The molecule has 1 aliphatic heterocycles. The maximum absolute atomic E-state index is 12.1. The highest BCUT2D eigenvalue weighted by atomic mass is 16.6. The van der Waals surface area contributed by atoms with Crippen LogP contribution in [0.25, 0.3) is 0 Å². The number of cyclic esters (lactones) is 2. The fourth-order valence-electron chi connectivity index (χ4n) is 4.81. The van der Waals surface area contributed by atoms with Gasteiger partial charge in [-0.25, -0.2) is 14.4 Å². The van der Waals surface area contributed by atoms with Crippen LogP contribution in [0.2, 0.25) is 0 Å². The topological polar surface area (TPSA) is 222 Å². The summed E-state index contributed by atoms with van der Waals surface area (Å²) in [6, 6.07) is 13.9. The molecule has 0 radical (unpaired) electrons. The number of carboxylic acid groups (broad SMARTS) is 2. The molecule has 5 N–H and O–H groups in total. The van der Waals surface area contributed by atoms with Crippen molar-refractivity contribution in [3.8, 4) is 0 Å². The summed E-state index contributed by atoms with van der Waals surface area (Å²) in [7, 11) is 0. The van der Waals surface area contributed by atoms with Crippen molar-refractivity contribution in [3.63, 3.8) is 0 Å². The average molecular weight is 761 g/mol. The summed E-state index contributed by atoms with van der Waals surface area (Å²) in [5, 5.41) is 42.6. The van der Waals surface area contributed by atoms with Crippen LogP contribution in [-0.4, -0.2) is 81.2 Å². The molecule has 1 heterocycles. The minimum atomic E-state index is -0.759. The molecule has 0 aromatic heterocycles. The van der Waals surface area contributed by atoms with Crippen molar-refractivity contribution in [1.29, 1.82) is 0 Å². The van der Waals surface area contributed by atoms with Gasteiger partial charge in [0, 0.05) is 24.7 Å². The number of fused-ring (bicyclic) bond motifs is 1. The summed E-state index contributed by atoms with van der Waals surface area (Å²) >= 11 is 0. The molecule has 0 fully saturated rings. The van der Waals surface area contributed by atoms with E-state index >= 15 is 0 Å². The molecular weight excluding hydrogens is 700 g/mol. The van der Waals surface area contributed by atoms with E-state index in [0.717, 1.165) is 69.8 Å². The fourth-order valence-corrected chi connectivity index (χ4v) is 4.81. The molecule has 0 spiro atoms. The molecule has 2 aromatic rings. The van der Waals surface area contributed by atoms with Crippen LogP contribution >= 0.6 is 0 Å². The Bertz CT molecular complexity index is 1350. The first-order valence-electron chi connectivity index (χ1n) is 18.8. The van der Waals surface area contributed by atoms with Crippen molar-refractivity contribution in [2.24, 2.45) is 5.41 Å². The van der Waals surface area contributed by atoms with Crippen LogP contribution in [0.15, 0.2) is 48.5 Å². The molecule has 0 saturated heterocycles. The van der Waals surface area contributed by atoms with Crippen LogP contribution in [0.3, 0.4) is 0 Å². The number of carbonyl (C=O) groups excluding carboxylic acids is 4. The molecule has 0 unspecified atom stereocenters.